The Morgan fingerprint density at radius 2 is 1.95 bits per heavy atom. The van der Waals surface area contributed by atoms with Gasteiger partial charge in [-0.2, -0.15) is 4.98 Å². The van der Waals surface area contributed by atoms with Gasteiger partial charge in [0, 0.05) is 48.8 Å². The Bertz CT molecular complexity index is 1650. The molecule has 6 rings (SSSR count). The normalized spacial score (nSPS) is 15.6. The van der Waals surface area contributed by atoms with E-state index < -0.39 is 0 Å². The summed E-state index contributed by atoms with van der Waals surface area (Å²) in [6, 6.07) is 10.4. The van der Waals surface area contributed by atoms with Gasteiger partial charge in [-0.05, 0) is 81.1 Å². The molecule has 4 heterocycles. The summed E-state index contributed by atoms with van der Waals surface area (Å²) in [7, 11) is 3.74. The summed E-state index contributed by atoms with van der Waals surface area (Å²) < 4.78 is 7.42. The monoisotopic (exact) mass is 552 g/mol. The van der Waals surface area contributed by atoms with Gasteiger partial charge in [0.2, 0.25) is 5.95 Å². The molecule has 1 aliphatic carbocycles. The molecule has 0 radical (unpaired) electrons. The first-order chi connectivity index (χ1) is 20.0. The Labute approximate surface area is 239 Å². The molecule has 3 aromatic heterocycles. The maximum atomic E-state index is 13.9. The molecule has 0 spiro atoms. The number of hydrogen-bond acceptors (Lipinski definition) is 9. The molecule has 0 atom stereocenters. The molecule has 0 unspecified atom stereocenters. The Hall–Kier alpha value is -4.44. The fourth-order valence-electron chi connectivity index (χ4n) is 5.46. The summed E-state index contributed by atoms with van der Waals surface area (Å²) in [5, 5.41) is 11.0. The second-order valence-electron chi connectivity index (χ2n) is 10.9. The van der Waals surface area contributed by atoms with E-state index in [2.05, 4.69) is 50.7 Å². The number of nitrogens with zero attached hydrogens (tertiary/aromatic N) is 5. The summed E-state index contributed by atoms with van der Waals surface area (Å²) in [5.41, 5.74) is 5.23. The minimum Gasteiger partial charge on any atom is -0.443 e. The zero-order valence-electron chi connectivity index (χ0n) is 23.6. The number of oxazole rings is 1. The lowest BCUT2D eigenvalue weighted by Gasteiger charge is -2.24. The molecule has 2 aliphatic rings. The van der Waals surface area contributed by atoms with E-state index in [0.717, 1.165) is 73.3 Å². The van der Waals surface area contributed by atoms with Crippen LogP contribution in [0.15, 0.2) is 64.8 Å². The van der Waals surface area contributed by atoms with Crippen LogP contribution >= 0.6 is 0 Å². The van der Waals surface area contributed by atoms with Crippen molar-refractivity contribution < 1.29 is 4.42 Å². The summed E-state index contributed by atoms with van der Waals surface area (Å²) in [6.07, 6.45) is 10.7. The van der Waals surface area contributed by atoms with Crippen molar-refractivity contribution in [3.63, 3.8) is 0 Å². The van der Waals surface area contributed by atoms with Gasteiger partial charge in [-0.1, -0.05) is 12.7 Å². The lowest BCUT2D eigenvalue weighted by atomic mass is 10.1. The third-order valence-electron chi connectivity index (χ3n) is 7.81. The number of anilines is 3. The van der Waals surface area contributed by atoms with E-state index in [1.54, 1.807) is 10.8 Å². The van der Waals surface area contributed by atoms with Gasteiger partial charge in [-0.25, -0.2) is 9.97 Å². The van der Waals surface area contributed by atoms with Gasteiger partial charge >= 0.3 is 0 Å². The Morgan fingerprint density at radius 3 is 2.68 bits per heavy atom. The molecule has 0 bridgehead atoms. The molecule has 1 aliphatic heterocycles. The van der Waals surface area contributed by atoms with E-state index in [9.17, 15) is 4.79 Å². The molecule has 0 saturated carbocycles. The van der Waals surface area contributed by atoms with Crippen molar-refractivity contribution in [1.82, 2.24) is 29.7 Å². The van der Waals surface area contributed by atoms with Gasteiger partial charge in [0.1, 0.15) is 11.3 Å². The highest BCUT2D eigenvalue weighted by molar-refractivity contribution is 5.80. The largest absolute Gasteiger partial charge is 0.443 e. The van der Waals surface area contributed by atoms with Crippen molar-refractivity contribution >= 4 is 39.6 Å². The fraction of sp³-hybridized carbons (Fsp3) is 0.355. The Kier molecular flexibility index (Phi) is 7.56. The molecule has 4 aromatic rings. The highest BCUT2D eigenvalue weighted by atomic mass is 16.3. The molecule has 41 heavy (non-hydrogen) atoms. The van der Waals surface area contributed by atoms with Crippen LogP contribution < -0.4 is 21.5 Å². The number of benzene rings is 1. The van der Waals surface area contributed by atoms with Gasteiger partial charge in [-0.15, -0.1) is 0 Å². The minimum atomic E-state index is -0.191. The Balaban J connectivity index is 1.32. The molecular formula is C31H36N8O2. The Morgan fingerprint density at radius 1 is 1.17 bits per heavy atom. The molecule has 1 fully saturated rings. The smallest absolute Gasteiger partial charge is 0.261 e. The van der Waals surface area contributed by atoms with Gasteiger partial charge in [0.15, 0.2) is 12.2 Å². The summed E-state index contributed by atoms with van der Waals surface area (Å²) in [6.45, 7) is 6.45. The van der Waals surface area contributed by atoms with Crippen molar-refractivity contribution in [2.75, 3.05) is 37.8 Å². The highest BCUT2D eigenvalue weighted by Crippen LogP contribution is 2.30. The molecule has 3 N–H and O–H groups in total. The van der Waals surface area contributed by atoms with E-state index in [-0.39, 0.29) is 12.1 Å². The van der Waals surface area contributed by atoms with E-state index in [4.69, 9.17) is 9.40 Å². The second kappa shape index (κ2) is 11.6. The summed E-state index contributed by atoms with van der Waals surface area (Å²) in [4.78, 5) is 29.6. The van der Waals surface area contributed by atoms with Crippen LogP contribution in [0, 0.1) is 0 Å². The first-order valence-electron chi connectivity index (χ1n) is 14.2. The third kappa shape index (κ3) is 5.74. The van der Waals surface area contributed by atoms with Crippen LogP contribution in [0.25, 0.3) is 22.3 Å². The molecule has 1 aromatic carbocycles. The van der Waals surface area contributed by atoms with Gasteiger partial charge in [0.25, 0.3) is 5.56 Å². The number of nitrogens with one attached hydrogen (secondary N) is 3. The second-order valence-corrected chi connectivity index (χ2v) is 10.9. The number of aromatic nitrogens is 4. The summed E-state index contributed by atoms with van der Waals surface area (Å²) >= 11 is 0. The zero-order chi connectivity index (χ0) is 28.3. The van der Waals surface area contributed by atoms with Crippen LogP contribution in [0.1, 0.15) is 49.1 Å². The van der Waals surface area contributed by atoms with E-state index >= 15 is 0 Å². The minimum absolute atomic E-state index is 0.191. The van der Waals surface area contributed by atoms with Crippen LogP contribution in [-0.4, -0.2) is 57.6 Å². The predicted molar refractivity (Wildman–Crippen MR) is 163 cm³/mol. The lowest BCUT2D eigenvalue weighted by Crippen LogP contribution is -2.35. The van der Waals surface area contributed by atoms with E-state index in [1.165, 1.54) is 6.39 Å². The maximum absolute atomic E-state index is 13.9. The van der Waals surface area contributed by atoms with Crippen LogP contribution in [0.3, 0.4) is 0 Å². The molecule has 212 valence electrons. The van der Waals surface area contributed by atoms with Crippen LogP contribution in [0.2, 0.25) is 0 Å². The molecule has 0 amide bonds. The molecule has 1 saturated heterocycles. The predicted octanol–water partition coefficient (Wildman–Crippen LogP) is 4.83. The lowest BCUT2D eigenvalue weighted by molar-refractivity contribution is 0.479. The highest BCUT2D eigenvalue weighted by Gasteiger charge is 2.21. The van der Waals surface area contributed by atoms with Crippen LogP contribution in [0.4, 0.5) is 17.3 Å². The number of piperidine rings is 1. The average Bonchev–Trinajstić information content (AvgIpc) is 3.68. The van der Waals surface area contributed by atoms with Gasteiger partial charge in [0.05, 0.1) is 12.1 Å². The topological polar surface area (TPSA) is 113 Å². The number of rotatable bonds is 9. The zero-order valence-corrected chi connectivity index (χ0v) is 23.6. The van der Waals surface area contributed by atoms with Crippen molar-refractivity contribution in [2.24, 2.45) is 0 Å². The molecular weight excluding hydrogens is 516 g/mol. The molecule has 10 heteroatoms. The average molecular weight is 553 g/mol. The molecule has 10 nitrogen and oxygen atoms in total. The van der Waals surface area contributed by atoms with Crippen molar-refractivity contribution in [1.29, 1.82) is 0 Å². The van der Waals surface area contributed by atoms with Crippen LogP contribution in [-0.2, 0) is 6.54 Å². The first-order valence-corrected chi connectivity index (χ1v) is 14.2. The quantitative estimate of drug-likeness (QED) is 0.269. The van der Waals surface area contributed by atoms with E-state index in [1.807, 2.05) is 37.2 Å². The SMILES string of the molecule is C=C(c1cc2cnc(Nc3ccc(NC4CCNCC4)cc3)nc2n(Cc2ncoc2C2=CCCC2)c1=O)N(C)C. The number of fused-ring (bicyclic) bond motifs is 1. The maximum Gasteiger partial charge on any atom is 0.261 e. The van der Waals surface area contributed by atoms with Crippen LogP contribution in [0.5, 0.6) is 0 Å². The van der Waals surface area contributed by atoms with Crippen molar-refractivity contribution in [3.8, 4) is 0 Å². The first kappa shape index (κ1) is 26.8. The number of allylic oxidation sites excluding steroid dienone is 2. The number of hydrogen-bond donors (Lipinski definition) is 3. The van der Waals surface area contributed by atoms with Gasteiger partial charge in [-0.3, -0.25) is 9.36 Å². The van der Waals surface area contributed by atoms with E-state index in [0.29, 0.717) is 34.6 Å². The third-order valence-corrected chi connectivity index (χ3v) is 7.81. The van der Waals surface area contributed by atoms with Crippen molar-refractivity contribution in [3.05, 3.63) is 82.9 Å². The number of pyridine rings is 1. The van der Waals surface area contributed by atoms with Gasteiger partial charge < -0.3 is 25.3 Å². The van der Waals surface area contributed by atoms with Crippen molar-refractivity contribution in [2.45, 2.75) is 44.7 Å². The standard InChI is InChI=1S/C31H36N8O2/c1-20(38(2)3)26-16-22-17-33-31(36-24-10-8-23(9-11-24)35-25-12-14-32-15-13-25)37-29(22)39(30(26)40)18-27-28(41-19-34-27)21-6-4-5-7-21/h6,8-11,16-17,19,25,32,35H,1,4-5,7,12-15,18H2,2-3H3,(H,33,36,37). The fourth-order valence-corrected chi connectivity index (χ4v) is 5.46. The summed E-state index contributed by atoms with van der Waals surface area (Å²) in [5.74, 6) is 1.15.